The highest BCUT2D eigenvalue weighted by Gasteiger charge is 2.28. The van der Waals surface area contributed by atoms with Crippen LogP contribution in [-0.4, -0.2) is 42.6 Å². The summed E-state index contributed by atoms with van der Waals surface area (Å²) < 4.78 is 0. The van der Waals surface area contributed by atoms with Gasteiger partial charge in [0.2, 0.25) is 5.91 Å². The fourth-order valence-corrected chi connectivity index (χ4v) is 2.56. The number of carbonyl (C=O) groups excluding carboxylic acids is 2. The van der Waals surface area contributed by atoms with E-state index in [-0.39, 0.29) is 29.6 Å². The lowest BCUT2D eigenvalue weighted by Gasteiger charge is -2.13. The molecule has 0 saturated carbocycles. The molecule has 2 rings (SSSR count). The van der Waals surface area contributed by atoms with Crippen LogP contribution < -0.4 is 16.0 Å². The van der Waals surface area contributed by atoms with E-state index in [0.29, 0.717) is 18.2 Å². The zero-order valence-corrected chi connectivity index (χ0v) is 10.5. The Labute approximate surface area is 105 Å². The average Bonchev–Trinajstić information content (AvgIpc) is 2.84. The number of amides is 2. The monoisotopic (exact) mass is 265 g/mol. The van der Waals surface area contributed by atoms with Crippen molar-refractivity contribution >= 4 is 35.3 Å². The largest absolute Gasteiger partial charge is 0.354 e. The van der Waals surface area contributed by atoms with Crippen molar-refractivity contribution < 1.29 is 9.59 Å². The van der Waals surface area contributed by atoms with Gasteiger partial charge >= 0.3 is 0 Å². The first-order valence-electron chi connectivity index (χ1n) is 5.17. The first-order valence-corrected chi connectivity index (χ1v) is 6.16. The molecule has 3 N–H and O–H groups in total. The Hall–Kier alpha value is -0.460. The summed E-state index contributed by atoms with van der Waals surface area (Å²) in [6.45, 7) is 2.73. The standard InChI is InChI=1S/C9H15N3O2S.ClH/c13-8(7-5-15-9(14)12-7)11-4-6-1-2-10-3-6;/h6-7,10H,1-5H2,(H,11,13)(H,12,14);1H/t6?,7-;/m0./s1. The summed E-state index contributed by atoms with van der Waals surface area (Å²) in [6, 6.07) is -0.336. The Kier molecular flexibility index (Phi) is 5.37. The van der Waals surface area contributed by atoms with E-state index in [1.165, 1.54) is 11.8 Å². The van der Waals surface area contributed by atoms with Crippen molar-refractivity contribution in [1.82, 2.24) is 16.0 Å². The summed E-state index contributed by atoms with van der Waals surface area (Å²) in [5.41, 5.74) is 0. The van der Waals surface area contributed by atoms with Gasteiger partial charge in [-0.1, -0.05) is 11.8 Å². The minimum atomic E-state index is -0.336. The van der Waals surface area contributed by atoms with E-state index < -0.39 is 0 Å². The fourth-order valence-electron chi connectivity index (χ4n) is 1.78. The van der Waals surface area contributed by atoms with Crippen LogP contribution in [0.15, 0.2) is 0 Å². The smallest absolute Gasteiger partial charge is 0.279 e. The number of thioether (sulfide) groups is 1. The molecule has 2 saturated heterocycles. The van der Waals surface area contributed by atoms with Crippen LogP contribution in [0.25, 0.3) is 0 Å². The zero-order valence-electron chi connectivity index (χ0n) is 8.82. The first kappa shape index (κ1) is 13.6. The highest BCUT2D eigenvalue weighted by atomic mass is 35.5. The van der Waals surface area contributed by atoms with E-state index in [9.17, 15) is 9.59 Å². The zero-order chi connectivity index (χ0) is 10.7. The topological polar surface area (TPSA) is 70.2 Å². The van der Waals surface area contributed by atoms with Crippen LogP contribution >= 0.6 is 24.2 Å². The normalized spacial score (nSPS) is 28.4. The lowest BCUT2D eigenvalue weighted by molar-refractivity contribution is -0.122. The molecule has 92 valence electrons. The molecule has 0 aromatic carbocycles. The third kappa shape index (κ3) is 3.54. The van der Waals surface area contributed by atoms with Crippen molar-refractivity contribution in [1.29, 1.82) is 0 Å². The van der Waals surface area contributed by atoms with Crippen LogP contribution in [-0.2, 0) is 4.79 Å². The average molecular weight is 266 g/mol. The maximum Gasteiger partial charge on any atom is 0.279 e. The maximum absolute atomic E-state index is 11.6. The number of hydrogen-bond donors (Lipinski definition) is 3. The molecular formula is C9H16ClN3O2S. The summed E-state index contributed by atoms with van der Waals surface area (Å²) in [7, 11) is 0. The van der Waals surface area contributed by atoms with E-state index >= 15 is 0 Å². The molecule has 0 aromatic rings. The van der Waals surface area contributed by atoms with Gasteiger partial charge < -0.3 is 16.0 Å². The third-order valence-corrected chi connectivity index (χ3v) is 3.60. The molecule has 2 aliphatic heterocycles. The lowest BCUT2D eigenvalue weighted by atomic mass is 10.1. The van der Waals surface area contributed by atoms with Crippen LogP contribution in [0.4, 0.5) is 4.79 Å². The van der Waals surface area contributed by atoms with E-state index in [1.807, 2.05) is 0 Å². The number of nitrogens with one attached hydrogen (secondary N) is 3. The van der Waals surface area contributed by atoms with Gasteiger partial charge in [0.05, 0.1) is 0 Å². The number of carbonyl (C=O) groups is 2. The molecule has 0 aliphatic carbocycles. The summed E-state index contributed by atoms with van der Waals surface area (Å²) in [4.78, 5) is 22.5. The van der Waals surface area contributed by atoms with Gasteiger partial charge in [-0.2, -0.15) is 0 Å². The molecule has 2 amide bonds. The molecule has 2 heterocycles. The fraction of sp³-hybridized carbons (Fsp3) is 0.778. The third-order valence-electron chi connectivity index (χ3n) is 2.72. The van der Waals surface area contributed by atoms with Crippen molar-refractivity contribution in [2.75, 3.05) is 25.4 Å². The van der Waals surface area contributed by atoms with Crippen molar-refractivity contribution in [3.05, 3.63) is 0 Å². The van der Waals surface area contributed by atoms with Crippen molar-refractivity contribution in [3.8, 4) is 0 Å². The molecule has 2 aliphatic rings. The number of halogens is 1. The van der Waals surface area contributed by atoms with Crippen LogP contribution in [0.2, 0.25) is 0 Å². The molecule has 1 unspecified atom stereocenters. The molecular weight excluding hydrogens is 250 g/mol. The van der Waals surface area contributed by atoms with E-state index in [1.54, 1.807) is 0 Å². The number of hydrogen-bond acceptors (Lipinski definition) is 4. The second kappa shape index (κ2) is 6.32. The summed E-state index contributed by atoms with van der Waals surface area (Å²) in [6.07, 6.45) is 1.12. The second-order valence-electron chi connectivity index (χ2n) is 3.90. The molecule has 16 heavy (non-hydrogen) atoms. The Bertz CT molecular complexity index is 271. The first-order chi connectivity index (χ1) is 7.25. The summed E-state index contributed by atoms with van der Waals surface area (Å²) in [5, 5.41) is 8.65. The SMILES string of the molecule is Cl.O=C1N[C@H](C(=O)NCC2CCNC2)CS1. The Morgan fingerprint density at radius 1 is 1.56 bits per heavy atom. The number of rotatable bonds is 3. The van der Waals surface area contributed by atoms with Crippen LogP contribution in [0.5, 0.6) is 0 Å². The predicted octanol–water partition coefficient (Wildman–Crippen LogP) is -0.0411. The lowest BCUT2D eigenvalue weighted by Crippen LogP contribution is -2.44. The van der Waals surface area contributed by atoms with Crippen molar-refractivity contribution in [2.24, 2.45) is 5.92 Å². The molecule has 0 radical (unpaired) electrons. The molecule has 0 spiro atoms. The minimum Gasteiger partial charge on any atom is -0.354 e. The molecule has 0 bridgehead atoms. The van der Waals surface area contributed by atoms with Gasteiger partial charge in [0.15, 0.2) is 0 Å². The predicted molar refractivity (Wildman–Crippen MR) is 66.0 cm³/mol. The Balaban J connectivity index is 0.00000128. The highest BCUT2D eigenvalue weighted by Crippen LogP contribution is 2.13. The molecule has 7 heteroatoms. The quantitative estimate of drug-likeness (QED) is 0.670. The summed E-state index contributed by atoms with van der Waals surface area (Å²) in [5.74, 6) is 1.03. The van der Waals surface area contributed by atoms with Crippen LogP contribution in [0, 0.1) is 5.92 Å². The molecule has 2 fully saturated rings. The van der Waals surface area contributed by atoms with Gasteiger partial charge in [-0.05, 0) is 25.4 Å². The molecule has 2 atom stereocenters. The molecule has 5 nitrogen and oxygen atoms in total. The van der Waals surface area contributed by atoms with Gasteiger partial charge in [0.25, 0.3) is 5.24 Å². The molecule has 0 aromatic heterocycles. The Morgan fingerprint density at radius 2 is 2.38 bits per heavy atom. The van der Waals surface area contributed by atoms with E-state index in [0.717, 1.165) is 19.5 Å². The van der Waals surface area contributed by atoms with Crippen LogP contribution in [0.3, 0.4) is 0 Å². The Morgan fingerprint density at radius 3 is 2.94 bits per heavy atom. The van der Waals surface area contributed by atoms with Gasteiger partial charge in [0.1, 0.15) is 6.04 Å². The van der Waals surface area contributed by atoms with Gasteiger partial charge in [0, 0.05) is 12.3 Å². The van der Waals surface area contributed by atoms with Crippen molar-refractivity contribution in [3.63, 3.8) is 0 Å². The summed E-state index contributed by atoms with van der Waals surface area (Å²) >= 11 is 1.17. The van der Waals surface area contributed by atoms with Gasteiger partial charge in [-0.3, -0.25) is 9.59 Å². The highest BCUT2D eigenvalue weighted by molar-refractivity contribution is 8.14. The van der Waals surface area contributed by atoms with Crippen molar-refractivity contribution in [2.45, 2.75) is 12.5 Å². The van der Waals surface area contributed by atoms with Gasteiger partial charge in [-0.15, -0.1) is 12.4 Å². The van der Waals surface area contributed by atoms with E-state index in [4.69, 9.17) is 0 Å². The van der Waals surface area contributed by atoms with Crippen LogP contribution in [0.1, 0.15) is 6.42 Å². The second-order valence-corrected chi connectivity index (χ2v) is 4.89. The van der Waals surface area contributed by atoms with Gasteiger partial charge in [-0.25, -0.2) is 0 Å². The maximum atomic E-state index is 11.6. The minimum absolute atomic E-state index is 0. The van der Waals surface area contributed by atoms with E-state index in [2.05, 4.69) is 16.0 Å².